The molecule has 2 heterocycles. The van der Waals surface area contributed by atoms with E-state index in [1.165, 1.54) is 0 Å². The summed E-state index contributed by atoms with van der Waals surface area (Å²) in [6, 6.07) is 13.7. The van der Waals surface area contributed by atoms with Crippen LogP contribution in [0.3, 0.4) is 0 Å². The number of halogens is 1. The standard InChI is InChI=1S/C25H21FN2O2/c1-14(13-26)21-22(18-8-3-6-15-5-2-7-16(15)18)24(25(29)30)28-23(21)19-9-4-10-20-17(19)11-12-27-20/h2-4,6-12,14,27-28H,5,13H2,1H3,(H,29,30). The molecule has 0 aliphatic heterocycles. The number of fused-ring (bicyclic) bond motifs is 2. The van der Waals surface area contributed by atoms with Crippen molar-refractivity contribution in [2.75, 3.05) is 6.67 Å². The van der Waals surface area contributed by atoms with Gasteiger partial charge in [-0.25, -0.2) is 4.79 Å². The molecule has 2 aromatic carbocycles. The van der Waals surface area contributed by atoms with Gasteiger partial charge in [-0.3, -0.25) is 4.39 Å². The number of hydrogen-bond donors (Lipinski definition) is 3. The van der Waals surface area contributed by atoms with E-state index >= 15 is 0 Å². The molecule has 0 amide bonds. The first-order chi connectivity index (χ1) is 14.6. The van der Waals surface area contributed by atoms with Crippen LogP contribution in [-0.2, 0) is 6.42 Å². The normalized spacial score (nSPS) is 13.7. The molecule has 0 bridgehead atoms. The molecule has 1 aliphatic carbocycles. The van der Waals surface area contributed by atoms with Gasteiger partial charge in [-0.2, -0.15) is 0 Å². The number of carboxylic acids is 1. The van der Waals surface area contributed by atoms with Crippen LogP contribution in [0.5, 0.6) is 0 Å². The Labute approximate surface area is 173 Å². The first-order valence-electron chi connectivity index (χ1n) is 10.0. The Kier molecular flexibility index (Phi) is 4.31. The van der Waals surface area contributed by atoms with E-state index in [1.54, 1.807) is 6.92 Å². The summed E-state index contributed by atoms with van der Waals surface area (Å²) in [4.78, 5) is 18.6. The zero-order chi connectivity index (χ0) is 20.8. The number of aromatic nitrogens is 2. The number of benzene rings is 2. The minimum absolute atomic E-state index is 0.0986. The molecule has 1 aliphatic rings. The van der Waals surface area contributed by atoms with Crippen molar-refractivity contribution >= 4 is 22.9 Å². The molecular weight excluding hydrogens is 379 g/mol. The lowest BCUT2D eigenvalue weighted by atomic mass is 9.87. The highest BCUT2D eigenvalue weighted by molar-refractivity contribution is 6.03. The summed E-state index contributed by atoms with van der Waals surface area (Å²) in [5.74, 6) is -1.51. The van der Waals surface area contributed by atoms with Crippen molar-refractivity contribution in [3.63, 3.8) is 0 Å². The van der Waals surface area contributed by atoms with Crippen LogP contribution in [0, 0.1) is 0 Å². The first-order valence-corrected chi connectivity index (χ1v) is 10.0. The molecule has 1 unspecified atom stereocenters. The van der Waals surface area contributed by atoms with E-state index in [1.807, 2.05) is 54.7 Å². The average molecular weight is 400 g/mol. The summed E-state index contributed by atoms with van der Waals surface area (Å²) >= 11 is 0. The number of rotatable bonds is 5. The third kappa shape index (κ3) is 2.70. The molecule has 3 N–H and O–H groups in total. The Hall–Kier alpha value is -3.60. The maximum Gasteiger partial charge on any atom is 0.352 e. The number of aromatic carboxylic acids is 1. The molecule has 4 nitrogen and oxygen atoms in total. The summed E-state index contributed by atoms with van der Waals surface area (Å²) in [5.41, 5.74) is 6.85. The Morgan fingerprint density at radius 2 is 1.97 bits per heavy atom. The smallest absolute Gasteiger partial charge is 0.352 e. The molecular formula is C25H21FN2O2. The molecule has 5 heteroatoms. The highest BCUT2D eigenvalue weighted by Crippen LogP contribution is 2.44. The second kappa shape index (κ2) is 7.02. The van der Waals surface area contributed by atoms with Gasteiger partial charge in [0.05, 0.1) is 12.4 Å². The zero-order valence-corrected chi connectivity index (χ0v) is 16.5. The monoisotopic (exact) mass is 400 g/mol. The van der Waals surface area contributed by atoms with Gasteiger partial charge in [-0.05, 0) is 40.8 Å². The van der Waals surface area contributed by atoms with E-state index in [0.29, 0.717) is 16.8 Å². The quantitative estimate of drug-likeness (QED) is 0.375. The molecule has 0 radical (unpaired) electrons. The molecule has 150 valence electrons. The lowest BCUT2D eigenvalue weighted by Gasteiger charge is -2.15. The second-order valence-corrected chi connectivity index (χ2v) is 7.75. The van der Waals surface area contributed by atoms with Crippen molar-refractivity contribution in [1.82, 2.24) is 9.97 Å². The number of carbonyl (C=O) groups is 1. The maximum absolute atomic E-state index is 14.0. The third-order valence-corrected chi connectivity index (χ3v) is 5.93. The molecule has 0 saturated carbocycles. The topological polar surface area (TPSA) is 68.9 Å². The first kappa shape index (κ1) is 18.4. The van der Waals surface area contributed by atoms with E-state index in [4.69, 9.17) is 0 Å². The lowest BCUT2D eigenvalue weighted by molar-refractivity contribution is 0.0692. The van der Waals surface area contributed by atoms with Crippen LogP contribution in [0.15, 0.2) is 54.7 Å². The van der Waals surface area contributed by atoms with Crippen molar-refractivity contribution in [1.29, 1.82) is 0 Å². The van der Waals surface area contributed by atoms with Gasteiger partial charge in [0.15, 0.2) is 0 Å². The van der Waals surface area contributed by atoms with Gasteiger partial charge < -0.3 is 15.1 Å². The Balaban J connectivity index is 1.88. The minimum Gasteiger partial charge on any atom is -0.477 e. The molecule has 5 rings (SSSR count). The van der Waals surface area contributed by atoms with Crippen molar-refractivity contribution < 1.29 is 14.3 Å². The number of alkyl halides is 1. The number of H-pyrrole nitrogens is 2. The summed E-state index contributed by atoms with van der Waals surface area (Å²) in [6.07, 6.45) is 6.77. The average Bonchev–Trinajstić information content (AvgIpc) is 3.49. The number of allylic oxidation sites excluding steroid dienone is 1. The van der Waals surface area contributed by atoms with Gasteiger partial charge in [0.25, 0.3) is 0 Å². The van der Waals surface area contributed by atoms with Gasteiger partial charge in [-0.15, -0.1) is 0 Å². The van der Waals surface area contributed by atoms with Gasteiger partial charge in [-0.1, -0.05) is 49.4 Å². The molecule has 0 saturated heterocycles. The van der Waals surface area contributed by atoms with Crippen LogP contribution >= 0.6 is 0 Å². The number of nitrogens with one attached hydrogen (secondary N) is 2. The highest BCUT2D eigenvalue weighted by atomic mass is 19.1. The summed E-state index contributed by atoms with van der Waals surface area (Å²) in [5, 5.41) is 11.0. The van der Waals surface area contributed by atoms with Gasteiger partial charge in [0.2, 0.25) is 0 Å². The highest BCUT2D eigenvalue weighted by Gasteiger charge is 2.29. The van der Waals surface area contributed by atoms with Crippen LogP contribution in [-0.4, -0.2) is 27.7 Å². The SMILES string of the molecule is CC(CF)c1c(-c2cccc3[nH]ccc23)[nH]c(C(=O)O)c1-c1cccc2c1C=CC2. The van der Waals surface area contributed by atoms with Gasteiger partial charge >= 0.3 is 5.97 Å². The Morgan fingerprint density at radius 1 is 1.17 bits per heavy atom. The van der Waals surface area contributed by atoms with Crippen LogP contribution in [0.2, 0.25) is 0 Å². The van der Waals surface area contributed by atoms with Crippen molar-refractivity contribution in [2.45, 2.75) is 19.3 Å². The van der Waals surface area contributed by atoms with E-state index in [0.717, 1.165) is 39.6 Å². The van der Waals surface area contributed by atoms with Crippen molar-refractivity contribution in [2.24, 2.45) is 0 Å². The number of aromatic amines is 2. The van der Waals surface area contributed by atoms with Crippen LogP contribution < -0.4 is 0 Å². The molecule has 2 aromatic heterocycles. The largest absolute Gasteiger partial charge is 0.477 e. The van der Waals surface area contributed by atoms with Crippen LogP contribution in [0.1, 0.15) is 40.0 Å². The summed E-state index contributed by atoms with van der Waals surface area (Å²) in [6.45, 7) is 1.23. The van der Waals surface area contributed by atoms with Crippen LogP contribution in [0.25, 0.3) is 39.4 Å². The second-order valence-electron chi connectivity index (χ2n) is 7.75. The lowest BCUT2D eigenvalue weighted by Crippen LogP contribution is -2.03. The predicted molar refractivity (Wildman–Crippen MR) is 118 cm³/mol. The molecule has 4 aromatic rings. The summed E-state index contributed by atoms with van der Waals surface area (Å²) < 4.78 is 14.0. The van der Waals surface area contributed by atoms with E-state index in [2.05, 4.69) is 16.0 Å². The number of carboxylic acid groups (broad SMARTS) is 1. The van der Waals surface area contributed by atoms with Crippen molar-refractivity contribution in [3.8, 4) is 22.4 Å². The fraction of sp³-hybridized carbons (Fsp3) is 0.160. The fourth-order valence-electron chi connectivity index (χ4n) is 4.55. The third-order valence-electron chi connectivity index (χ3n) is 5.93. The zero-order valence-electron chi connectivity index (χ0n) is 16.5. The fourth-order valence-corrected chi connectivity index (χ4v) is 4.55. The van der Waals surface area contributed by atoms with Gasteiger partial charge in [0.1, 0.15) is 5.69 Å². The maximum atomic E-state index is 14.0. The molecule has 30 heavy (non-hydrogen) atoms. The van der Waals surface area contributed by atoms with Gasteiger partial charge in [0, 0.05) is 34.1 Å². The van der Waals surface area contributed by atoms with E-state index < -0.39 is 18.6 Å². The Morgan fingerprint density at radius 3 is 2.77 bits per heavy atom. The van der Waals surface area contributed by atoms with E-state index in [9.17, 15) is 14.3 Å². The predicted octanol–water partition coefficient (Wildman–Crippen LogP) is 6.17. The minimum atomic E-state index is -1.05. The Bertz CT molecular complexity index is 1310. The van der Waals surface area contributed by atoms with Crippen molar-refractivity contribution in [3.05, 3.63) is 77.1 Å². The van der Waals surface area contributed by atoms with E-state index in [-0.39, 0.29) is 5.69 Å². The molecule has 0 fully saturated rings. The number of hydrogen-bond acceptors (Lipinski definition) is 1. The molecule has 0 spiro atoms. The van der Waals surface area contributed by atoms with Crippen LogP contribution in [0.4, 0.5) is 4.39 Å². The molecule has 1 atom stereocenters. The summed E-state index contributed by atoms with van der Waals surface area (Å²) in [7, 11) is 0.